The van der Waals surface area contributed by atoms with Crippen LogP contribution in [0.15, 0.2) is 6.07 Å². The number of hydrogen-bond donors (Lipinski definition) is 2. The van der Waals surface area contributed by atoms with Crippen LogP contribution < -0.4 is 10.6 Å². The lowest BCUT2D eigenvalue weighted by molar-refractivity contribution is 0.392. The SMILES string of the molecule is N#Cc1cc2c(nc1NCC1CCCNC1)CCCC2. The van der Waals surface area contributed by atoms with Crippen molar-refractivity contribution in [3.8, 4) is 6.07 Å². The van der Waals surface area contributed by atoms with E-state index < -0.39 is 0 Å². The smallest absolute Gasteiger partial charge is 0.144 e. The Morgan fingerprint density at radius 1 is 1.35 bits per heavy atom. The monoisotopic (exact) mass is 270 g/mol. The number of nitriles is 1. The maximum atomic E-state index is 9.31. The maximum Gasteiger partial charge on any atom is 0.144 e. The van der Waals surface area contributed by atoms with Crippen LogP contribution in [0.5, 0.6) is 0 Å². The Morgan fingerprint density at radius 3 is 3.05 bits per heavy atom. The molecule has 20 heavy (non-hydrogen) atoms. The lowest BCUT2D eigenvalue weighted by Crippen LogP contribution is -2.33. The van der Waals surface area contributed by atoms with Crippen molar-refractivity contribution in [2.45, 2.75) is 38.5 Å². The highest BCUT2D eigenvalue weighted by molar-refractivity contribution is 5.54. The van der Waals surface area contributed by atoms with Gasteiger partial charge in [-0.2, -0.15) is 5.26 Å². The molecule has 0 aromatic carbocycles. The fraction of sp³-hybridized carbons (Fsp3) is 0.625. The van der Waals surface area contributed by atoms with Crippen LogP contribution in [0.25, 0.3) is 0 Å². The van der Waals surface area contributed by atoms with Gasteiger partial charge >= 0.3 is 0 Å². The molecule has 1 aliphatic carbocycles. The number of pyridine rings is 1. The zero-order valence-electron chi connectivity index (χ0n) is 11.9. The minimum Gasteiger partial charge on any atom is -0.369 e. The van der Waals surface area contributed by atoms with E-state index in [2.05, 4.69) is 16.7 Å². The van der Waals surface area contributed by atoms with Crippen molar-refractivity contribution in [3.63, 3.8) is 0 Å². The van der Waals surface area contributed by atoms with Gasteiger partial charge in [-0.15, -0.1) is 0 Å². The predicted octanol–water partition coefficient (Wildman–Crippen LogP) is 2.24. The number of aromatic nitrogens is 1. The molecule has 0 radical (unpaired) electrons. The fourth-order valence-corrected chi connectivity index (χ4v) is 3.19. The van der Waals surface area contributed by atoms with Crippen molar-refractivity contribution in [1.29, 1.82) is 5.26 Å². The molecule has 1 fully saturated rings. The number of nitrogens with zero attached hydrogens (tertiary/aromatic N) is 2. The van der Waals surface area contributed by atoms with Gasteiger partial charge in [0.05, 0.1) is 5.56 Å². The molecule has 0 saturated carbocycles. The zero-order chi connectivity index (χ0) is 13.8. The normalized spacial score (nSPS) is 21.9. The van der Waals surface area contributed by atoms with Crippen LogP contribution in [0, 0.1) is 17.2 Å². The summed E-state index contributed by atoms with van der Waals surface area (Å²) in [6.45, 7) is 3.12. The molecule has 0 amide bonds. The van der Waals surface area contributed by atoms with E-state index in [-0.39, 0.29) is 0 Å². The predicted molar refractivity (Wildman–Crippen MR) is 79.7 cm³/mol. The van der Waals surface area contributed by atoms with Gasteiger partial charge in [-0.3, -0.25) is 0 Å². The van der Waals surface area contributed by atoms with Crippen molar-refractivity contribution >= 4 is 5.82 Å². The van der Waals surface area contributed by atoms with Gasteiger partial charge in [0.15, 0.2) is 0 Å². The van der Waals surface area contributed by atoms with Crippen LogP contribution >= 0.6 is 0 Å². The molecule has 1 saturated heterocycles. The average molecular weight is 270 g/mol. The summed E-state index contributed by atoms with van der Waals surface area (Å²) >= 11 is 0. The van der Waals surface area contributed by atoms with Crippen molar-refractivity contribution in [3.05, 3.63) is 22.9 Å². The number of fused-ring (bicyclic) bond motifs is 1. The summed E-state index contributed by atoms with van der Waals surface area (Å²) in [4.78, 5) is 4.71. The second kappa shape index (κ2) is 6.23. The minimum absolute atomic E-state index is 0.646. The standard InChI is InChI=1S/C16H22N4/c17-9-14-8-13-5-1-2-6-15(13)20-16(14)19-11-12-4-3-7-18-10-12/h8,12,18H,1-7,10-11H2,(H,19,20). The van der Waals surface area contributed by atoms with Crippen LogP contribution in [-0.2, 0) is 12.8 Å². The maximum absolute atomic E-state index is 9.31. The highest BCUT2D eigenvalue weighted by Gasteiger charge is 2.17. The van der Waals surface area contributed by atoms with E-state index >= 15 is 0 Å². The number of piperidine rings is 1. The molecule has 2 heterocycles. The van der Waals surface area contributed by atoms with Gasteiger partial charge in [0.25, 0.3) is 0 Å². The fourth-order valence-electron chi connectivity index (χ4n) is 3.19. The van der Waals surface area contributed by atoms with Crippen LogP contribution in [0.1, 0.15) is 42.5 Å². The second-order valence-electron chi connectivity index (χ2n) is 5.90. The molecule has 0 spiro atoms. The molecule has 106 valence electrons. The summed E-state index contributed by atoms with van der Waals surface area (Å²) < 4.78 is 0. The van der Waals surface area contributed by atoms with Gasteiger partial charge in [-0.25, -0.2) is 4.98 Å². The quantitative estimate of drug-likeness (QED) is 0.884. The van der Waals surface area contributed by atoms with Crippen LogP contribution in [0.2, 0.25) is 0 Å². The van der Waals surface area contributed by atoms with E-state index in [1.54, 1.807) is 0 Å². The summed E-state index contributed by atoms with van der Waals surface area (Å²) in [6, 6.07) is 4.34. The summed E-state index contributed by atoms with van der Waals surface area (Å²) in [7, 11) is 0. The molecule has 1 aliphatic heterocycles. The van der Waals surface area contributed by atoms with Gasteiger partial charge in [-0.1, -0.05) is 0 Å². The van der Waals surface area contributed by atoms with Gasteiger partial charge in [0.1, 0.15) is 11.9 Å². The van der Waals surface area contributed by atoms with E-state index in [9.17, 15) is 5.26 Å². The lowest BCUT2D eigenvalue weighted by atomic mass is 9.95. The van der Waals surface area contributed by atoms with Crippen molar-refractivity contribution in [2.24, 2.45) is 5.92 Å². The summed E-state index contributed by atoms with van der Waals surface area (Å²) in [6.07, 6.45) is 7.07. The van der Waals surface area contributed by atoms with Crippen molar-refractivity contribution < 1.29 is 0 Å². The van der Waals surface area contributed by atoms with E-state index in [1.807, 2.05) is 6.07 Å². The van der Waals surface area contributed by atoms with Gasteiger partial charge in [0, 0.05) is 12.2 Å². The van der Waals surface area contributed by atoms with E-state index in [1.165, 1.54) is 36.9 Å². The van der Waals surface area contributed by atoms with Crippen LogP contribution in [-0.4, -0.2) is 24.6 Å². The first-order chi connectivity index (χ1) is 9.86. The third-order valence-electron chi connectivity index (χ3n) is 4.38. The van der Waals surface area contributed by atoms with E-state index in [0.29, 0.717) is 11.5 Å². The van der Waals surface area contributed by atoms with E-state index in [4.69, 9.17) is 4.98 Å². The molecule has 1 aromatic rings. The first-order valence-electron chi connectivity index (χ1n) is 7.74. The molecule has 3 rings (SSSR count). The number of nitrogens with one attached hydrogen (secondary N) is 2. The lowest BCUT2D eigenvalue weighted by Gasteiger charge is -2.24. The number of anilines is 1. The van der Waals surface area contributed by atoms with Crippen LogP contribution in [0.4, 0.5) is 5.82 Å². The first kappa shape index (κ1) is 13.4. The highest BCUT2D eigenvalue weighted by atomic mass is 15.0. The molecule has 1 aromatic heterocycles. The number of rotatable bonds is 3. The molecule has 2 aliphatic rings. The Morgan fingerprint density at radius 2 is 2.25 bits per heavy atom. The Labute approximate surface area is 120 Å². The topological polar surface area (TPSA) is 60.7 Å². The first-order valence-corrected chi connectivity index (χ1v) is 7.74. The minimum atomic E-state index is 0.646. The summed E-state index contributed by atoms with van der Waals surface area (Å²) in [5.41, 5.74) is 3.17. The van der Waals surface area contributed by atoms with Gasteiger partial charge < -0.3 is 10.6 Å². The number of hydrogen-bond acceptors (Lipinski definition) is 4. The summed E-state index contributed by atoms with van der Waals surface area (Å²) in [5.74, 6) is 1.44. The Hall–Kier alpha value is -1.60. The Kier molecular flexibility index (Phi) is 4.17. The Bertz CT molecular complexity index is 512. The third kappa shape index (κ3) is 2.94. The molecular formula is C16H22N4. The number of aryl methyl sites for hydroxylation is 2. The highest BCUT2D eigenvalue weighted by Crippen LogP contribution is 2.24. The second-order valence-corrected chi connectivity index (χ2v) is 5.90. The van der Waals surface area contributed by atoms with Gasteiger partial charge in [0.2, 0.25) is 0 Å². The molecule has 2 N–H and O–H groups in total. The zero-order valence-corrected chi connectivity index (χ0v) is 11.9. The molecule has 1 unspecified atom stereocenters. The third-order valence-corrected chi connectivity index (χ3v) is 4.38. The van der Waals surface area contributed by atoms with Gasteiger partial charge in [-0.05, 0) is 69.2 Å². The van der Waals surface area contributed by atoms with E-state index in [0.717, 1.165) is 38.3 Å². The van der Waals surface area contributed by atoms with Crippen molar-refractivity contribution in [2.75, 3.05) is 25.0 Å². The summed E-state index contributed by atoms with van der Waals surface area (Å²) in [5, 5.41) is 16.1. The molecular weight excluding hydrogens is 248 g/mol. The molecule has 4 heteroatoms. The van der Waals surface area contributed by atoms with Crippen molar-refractivity contribution in [1.82, 2.24) is 10.3 Å². The Balaban J connectivity index is 1.72. The average Bonchev–Trinajstić information content (AvgIpc) is 2.53. The molecule has 0 bridgehead atoms. The van der Waals surface area contributed by atoms with Crippen LogP contribution in [0.3, 0.4) is 0 Å². The molecule has 1 atom stereocenters. The molecule has 4 nitrogen and oxygen atoms in total. The largest absolute Gasteiger partial charge is 0.369 e.